The second-order valence-corrected chi connectivity index (χ2v) is 4.48. The molecule has 0 aliphatic rings. The van der Waals surface area contributed by atoms with Crippen LogP contribution in [0.1, 0.15) is 28.2 Å². The van der Waals surface area contributed by atoms with Crippen LogP contribution in [0.15, 0.2) is 18.2 Å². The zero-order chi connectivity index (χ0) is 13.3. The summed E-state index contributed by atoms with van der Waals surface area (Å²) in [6.07, 6.45) is 0. The van der Waals surface area contributed by atoms with E-state index in [4.69, 9.17) is 0 Å². The highest BCUT2D eigenvalue weighted by Crippen LogP contribution is 2.19. The second-order valence-electron chi connectivity index (χ2n) is 4.48. The first-order valence-corrected chi connectivity index (χ1v) is 5.83. The lowest BCUT2D eigenvalue weighted by Crippen LogP contribution is -2.15. The molecule has 0 atom stereocenters. The van der Waals surface area contributed by atoms with Gasteiger partial charge in [-0.05, 0) is 51.5 Å². The average molecular weight is 240 g/mol. The van der Waals surface area contributed by atoms with Crippen LogP contribution in [0.25, 0.3) is 0 Å². The van der Waals surface area contributed by atoms with E-state index < -0.39 is 0 Å². The molecule has 4 heteroatoms. The number of pyridine rings is 1. The van der Waals surface area contributed by atoms with Crippen LogP contribution in [0.3, 0.4) is 0 Å². The fraction of sp³-hybridized carbons (Fsp3) is 0.286. The highest BCUT2D eigenvalue weighted by atomic mass is 15.4. The van der Waals surface area contributed by atoms with Crippen LogP contribution >= 0.6 is 0 Å². The van der Waals surface area contributed by atoms with Crippen LogP contribution in [0, 0.1) is 39.0 Å². The highest BCUT2D eigenvalue weighted by molar-refractivity contribution is 5.56. The first kappa shape index (κ1) is 12.2. The van der Waals surface area contributed by atoms with E-state index in [1.54, 1.807) is 0 Å². The van der Waals surface area contributed by atoms with E-state index in [1.807, 2.05) is 50.6 Å². The van der Waals surface area contributed by atoms with Crippen molar-refractivity contribution in [1.82, 2.24) is 9.66 Å². The SMILES string of the molecule is Cc1cc(C)c(C#N)c(Nn2c(C)ccc2C)n1. The van der Waals surface area contributed by atoms with Gasteiger partial charge in [0.05, 0.1) is 5.56 Å². The number of nitrogens with zero attached hydrogens (tertiary/aromatic N) is 3. The standard InChI is InChI=1S/C14H16N4/c1-9-7-10(2)16-14(13(9)8-15)17-18-11(3)5-6-12(18)4/h5-7H,1-4H3,(H,16,17). The largest absolute Gasteiger partial charge is 0.276 e. The first-order chi connectivity index (χ1) is 8.52. The molecule has 0 spiro atoms. The summed E-state index contributed by atoms with van der Waals surface area (Å²) in [5, 5.41) is 9.22. The summed E-state index contributed by atoms with van der Waals surface area (Å²) in [6.45, 7) is 7.87. The topological polar surface area (TPSA) is 53.6 Å². The first-order valence-electron chi connectivity index (χ1n) is 5.83. The minimum absolute atomic E-state index is 0.591. The Balaban J connectivity index is 2.50. The van der Waals surface area contributed by atoms with Gasteiger partial charge >= 0.3 is 0 Å². The predicted molar refractivity (Wildman–Crippen MR) is 71.4 cm³/mol. The van der Waals surface area contributed by atoms with Crippen molar-refractivity contribution in [2.24, 2.45) is 0 Å². The van der Waals surface area contributed by atoms with Gasteiger partial charge in [0.1, 0.15) is 6.07 Å². The summed E-state index contributed by atoms with van der Waals surface area (Å²) in [7, 11) is 0. The van der Waals surface area contributed by atoms with Gasteiger partial charge in [0.2, 0.25) is 0 Å². The van der Waals surface area contributed by atoms with Crippen molar-refractivity contribution >= 4 is 5.82 Å². The fourth-order valence-electron chi connectivity index (χ4n) is 2.01. The second kappa shape index (κ2) is 4.53. The lowest BCUT2D eigenvalue weighted by atomic mass is 10.1. The molecule has 2 aromatic rings. The van der Waals surface area contributed by atoms with E-state index in [0.29, 0.717) is 11.4 Å². The molecular formula is C14H16N4. The van der Waals surface area contributed by atoms with E-state index in [2.05, 4.69) is 16.5 Å². The van der Waals surface area contributed by atoms with Crippen molar-refractivity contribution in [1.29, 1.82) is 5.26 Å². The molecule has 92 valence electrons. The quantitative estimate of drug-likeness (QED) is 0.878. The van der Waals surface area contributed by atoms with Crippen molar-refractivity contribution in [3.8, 4) is 6.07 Å². The summed E-state index contributed by atoms with van der Waals surface area (Å²) in [6, 6.07) is 8.17. The van der Waals surface area contributed by atoms with Gasteiger partial charge in [-0.25, -0.2) is 4.98 Å². The minimum atomic E-state index is 0.591. The summed E-state index contributed by atoms with van der Waals surface area (Å²) in [4.78, 5) is 4.41. The molecule has 0 bridgehead atoms. The highest BCUT2D eigenvalue weighted by Gasteiger charge is 2.10. The molecule has 2 heterocycles. The Kier molecular flexibility index (Phi) is 3.07. The lowest BCUT2D eigenvalue weighted by molar-refractivity contribution is 0.866. The molecule has 4 nitrogen and oxygen atoms in total. The van der Waals surface area contributed by atoms with Gasteiger partial charge in [0, 0.05) is 17.1 Å². The Morgan fingerprint density at radius 1 is 1.17 bits per heavy atom. The maximum Gasteiger partial charge on any atom is 0.163 e. The van der Waals surface area contributed by atoms with Crippen LogP contribution in [0.4, 0.5) is 5.82 Å². The maximum absolute atomic E-state index is 9.22. The van der Waals surface area contributed by atoms with E-state index in [0.717, 1.165) is 22.6 Å². The van der Waals surface area contributed by atoms with Crippen molar-refractivity contribution in [2.45, 2.75) is 27.7 Å². The van der Waals surface area contributed by atoms with E-state index >= 15 is 0 Å². The van der Waals surface area contributed by atoms with Crippen molar-refractivity contribution in [3.63, 3.8) is 0 Å². The number of rotatable bonds is 2. The Hall–Kier alpha value is -2.28. The minimum Gasteiger partial charge on any atom is -0.276 e. The fourth-order valence-corrected chi connectivity index (χ4v) is 2.01. The van der Waals surface area contributed by atoms with E-state index in [-0.39, 0.29) is 0 Å². The Morgan fingerprint density at radius 2 is 1.78 bits per heavy atom. The van der Waals surface area contributed by atoms with Crippen LogP contribution in [0.2, 0.25) is 0 Å². The van der Waals surface area contributed by atoms with E-state index in [1.165, 1.54) is 0 Å². The van der Waals surface area contributed by atoms with Gasteiger partial charge in [0.25, 0.3) is 0 Å². The Morgan fingerprint density at radius 3 is 2.33 bits per heavy atom. The van der Waals surface area contributed by atoms with Crippen molar-refractivity contribution in [2.75, 3.05) is 5.43 Å². The van der Waals surface area contributed by atoms with Gasteiger partial charge in [-0.1, -0.05) is 0 Å². The third-order valence-corrected chi connectivity index (χ3v) is 2.95. The summed E-state index contributed by atoms with van der Waals surface area (Å²) in [5.41, 5.74) is 7.80. The normalized spacial score (nSPS) is 10.2. The molecule has 0 unspecified atom stereocenters. The summed E-state index contributed by atoms with van der Waals surface area (Å²) in [5.74, 6) is 0.609. The molecule has 1 N–H and O–H groups in total. The number of aryl methyl sites for hydroxylation is 4. The third kappa shape index (κ3) is 2.07. The molecule has 2 rings (SSSR count). The Labute approximate surface area is 107 Å². The van der Waals surface area contributed by atoms with Crippen LogP contribution in [-0.2, 0) is 0 Å². The van der Waals surface area contributed by atoms with Gasteiger partial charge < -0.3 is 0 Å². The smallest absolute Gasteiger partial charge is 0.163 e. The van der Waals surface area contributed by atoms with Crippen molar-refractivity contribution < 1.29 is 0 Å². The number of nitriles is 1. The summed E-state index contributed by atoms with van der Waals surface area (Å²) < 4.78 is 1.93. The molecule has 0 fully saturated rings. The number of hydrogen-bond donors (Lipinski definition) is 1. The molecule has 2 aromatic heterocycles. The number of hydrogen-bond acceptors (Lipinski definition) is 3. The van der Waals surface area contributed by atoms with Gasteiger partial charge in [-0.2, -0.15) is 5.26 Å². The third-order valence-electron chi connectivity index (χ3n) is 2.95. The molecule has 0 aliphatic heterocycles. The maximum atomic E-state index is 9.22. The van der Waals surface area contributed by atoms with E-state index in [9.17, 15) is 5.26 Å². The monoisotopic (exact) mass is 240 g/mol. The van der Waals surface area contributed by atoms with Crippen molar-refractivity contribution in [3.05, 3.63) is 46.4 Å². The van der Waals surface area contributed by atoms with Gasteiger partial charge in [-0.3, -0.25) is 10.1 Å². The molecule has 18 heavy (non-hydrogen) atoms. The number of nitrogens with one attached hydrogen (secondary N) is 1. The average Bonchev–Trinajstić information content (AvgIpc) is 2.60. The lowest BCUT2D eigenvalue weighted by Gasteiger charge is -2.14. The molecule has 0 aliphatic carbocycles. The molecule has 0 aromatic carbocycles. The predicted octanol–water partition coefficient (Wildman–Crippen LogP) is 2.86. The molecule has 0 saturated heterocycles. The molecule has 0 saturated carbocycles. The number of aromatic nitrogens is 2. The van der Waals surface area contributed by atoms with Gasteiger partial charge in [0.15, 0.2) is 5.82 Å². The zero-order valence-corrected chi connectivity index (χ0v) is 11.1. The summed E-state index contributed by atoms with van der Waals surface area (Å²) >= 11 is 0. The molecular weight excluding hydrogens is 224 g/mol. The zero-order valence-electron chi connectivity index (χ0n) is 11.1. The Bertz CT molecular complexity index is 612. The van der Waals surface area contributed by atoms with Crippen LogP contribution in [0.5, 0.6) is 0 Å². The molecule has 0 radical (unpaired) electrons. The molecule has 0 amide bonds. The van der Waals surface area contributed by atoms with Gasteiger partial charge in [-0.15, -0.1) is 0 Å². The number of anilines is 1. The van der Waals surface area contributed by atoms with Crippen LogP contribution < -0.4 is 5.43 Å². The van der Waals surface area contributed by atoms with Crippen LogP contribution in [-0.4, -0.2) is 9.66 Å².